The Morgan fingerprint density at radius 1 is 1.04 bits per heavy atom. The van der Waals surface area contributed by atoms with Crippen LogP contribution in [0.3, 0.4) is 0 Å². The molecular weight excluding hydrogens is 302 g/mol. The van der Waals surface area contributed by atoms with E-state index in [0.717, 1.165) is 4.90 Å². The van der Waals surface area contributed by atoms with Crippen LogP contribution in [0.25, 0.3) is 0 Å². The van der Waals surface area contributed by atoms with E-state index in [1.165, 1.54) is 31.4 Å². The lowest BCUT2D eigenvalue weighted by molar-refractivity contribution is -0.144. The number of carbonyl (C=O) groups excluding carboxylic acids is 4. The van der Waals surface area contributed by atoms with Crippen molar-refractivity contribution in [3.05, 3.63) is 29.8 Å². The first-order chi connectivity index (χ1) is 10.9. The Morgan fingerprint density at radius 2 is 1.57 bits per heavy atom. The van der Waals surface area contributed by atoms with Gasteiger partial charge in [-0.2, -0.15) is 0 Å². The number of imide groups is 1. The van der Waals surface area contributed by atoms with E-state index < -0.39 is 18.5 Å². The van der Waals surface area contributed by atoms with Gasteiger partial charge in [0.25, 0.3) is 0 Å². The van der Waals surface area contributed by atoms with Crippen molar-refractivity contribution in [1.82, 2.24) is 0 Å². The topological polar surface area (TPSA) is 90.0 Å². The average Bonchev–Trinajstić information content (AvgIpc) is 2.76. The zero-order chi connectivity index (χ0) is 17.1. The quantitative estimate of drug-likeness (QED) is 0.611. The predicted octanol–water partition coefficient (Wildman–Crippen LogP) is 1.16. The van der Waals surface area contributed by atoms with Crippen molar-refractivity contribution in [2.75, 3.05) is 18.6 Å². The van der Waals surface area contributed by atoms with Gasteiger partial charge in [0.15, 0.2) is 6.61 Å². The molecule has 1 saturated heterocycles. The highest BCUT2D eigenvalue weighted by molar-refractivity contribution is 6.21. The summed E-state index contributed by atoms with van der Waals surface area (Å²) >= 11 is 0. The Morgan fingerprint density at radius 3 is 2.04 bits per heavy atom. The Kier molecular flexibility index (Phi) is 4.78. The van der Waals surface area contributed by atoms with E-state index >= 15 is 0 Å². The van der Waals surface area contributed by atoms with Crippen molar-refractivity contribution in [1.29, 1.82) is 0 Å². The van der Waals surface area contributed by atoms with Crippen molar-refractivity contribution in [3.8, 4) is 0 Å². The number of benzene rings is 1. The molecule has 0 bridgehead atoms. The van der Waals surface area contributed by atoms with Crippen molar-refractivity contribution in [3.63, 3.8) is 0 Å². The highest BCUT2D eigenvalue weighted by Crippen LogP contribution is 2.30. The molecule has 0 aliphatic carbocycles. The molecule has 23 heavy (non-hydrogen) atoms. The molecule has 2 unspecified atom stereocenters. The van der Waals surface area contributed by atoms with Gasteiger partial charge in [-0.1, -0.05) is 13.8 Å². The first-order valence-electron chi connectivity index (χ1n) is 7.08. The molecule has 0 saturated carbocycles. The fraction of sp³-hybridized carbons (Fsp3) is 0.375. The summed E-state index contributed by atoms with van der Waals surface area (Å²) in [6, 6.07) is 5.86. The summed E-state index contributed by atoms with van der Waals surface area (Å²) in [7, 11) is 1.19. The van der Waals surface area contributed by atoms with E-state index in [0.29, 0.717) is 5.69 Å². The van der Waals surface area contributed by atoms with E-state index in [1.54, 1.807) is 13.8 Å². The van der Waals surface area contributed by atoms with Gasteiger partial charge in [0.1, 0.15) is 0 Å². The number of rotatable bonds is 4. The summed E-state index contributed by atoms with van der Waals surface area (Å²) < 4.78 is 9.13. The SMILES string of the molecule is COC(=O)COC(=O)c1ccc(N2C(=O)C(C)C(C)C2=O)cc1. The van der Waals surface area contributed by atoms with Crippen LogP contribution in [0, 0.1) is 11.8 Å². The van der Waals surface area contributed by atoms with Crippen LogP contribution in [-0.4, -0.2) is 37.5 Å². The third kappa shape index (κ3) is 3.23. The van der Waals surface area contributed by atoms with Crippen LogP contribution in [0.15, 0.2) is 24.3 Å². The minimum Gasteiger partial charge on any atom is -0.466 e. The third-order valence-electron chi connectivity index (χ3n) is 3.88. The van der Waals surface area contributed by atoms with Gasteiger partial charge in [0.05, 0.1) is 18.4 Å². The summed E-state index contributed by atoms with van der Waals surface area (Å²) in [5.41, 5.74) is 0.610. The smallest absolute Gasteiger partial charge is 0.344 e. The number of hydrogen-bond acceptors (Lipinski definition) is 6. The summed E-state index contributed by atoms with van der Waals surface area (Å²) in [4.78, 5) is 48.0. The number of anilines is 1. The van der Waals surface area contributed by atoms with Crippen molar-refractivity contribution >= 4 is 29.4 Å². The van der Waals surface area contributed by atoms with Gasteiger partial charge in [-0.25, -0.2) is 9.59 Å². The molecule has 7 nitrogen and oxygen atoms in total. The number of ether oxygens (including phenoxy) is 2. The monoisotopic (exact) mass is 319 g/mol. The van der Waals surface area contributed by atoms with Crippen molar-refractivity contribution < 1.29 is 28.7 Å². The summed E-state index contributed by atoms with van der Waals surface area (Å²) in [5.74, 6) is -2.61. The van der Waals surface area contributed by atoms with E-state index in [9.17, 15) is 19.2 Å². The van der Waals surface area contributed by atoms with E-state index in [4.69, 9.17) is 4.74 Å². The van der Waals surface area contributed by atoms with Gasteiger partial charge in [-0.15, -0.1) is 0 Å². The normalized spacial score (nSPS) is 20.6. The van der Waals surface area contributed by atoms with Gasteiger partial charge >= 0.3 is 11.9 Å². The molecule has 0 N–H and O–H groups in total. The van der Waals surface area contributed by atoms with Crippen LogP contribution in [0.5, 0.6) is 0 Å². The molecular formula is C16H17NO6. The van der Waals surface area contributed by atoms with Crippen molar-refractivity contribution in [2.24, 2.45) is 11.8 Å². The molecule has 0 spiro atoms. The number of amides is 2. The largest absolute Gasteiger partial charge is 0.466 e. The third-order valence-corrected chi connectivity index (χ3v) is 3.88. The maximum Gasteiger partial charge on any atom is 0.344 e. The molecule has 2 rings (SSSR count). The molecule has 1 aromatic carbocycles. The van der Waals surface area contributed by atoms with Crippen molar-refractivity contribution in [2.45, 2.75) is 13.8 Å². The molecule has 2 atom stereocenters. The zero-order valence-electron chi connectivity index (χ0n) is 13.1. The lowest BCUT2D eigenvalue weighted by Crippen LogP contribution is -2.30. The number of nitrogens with zero attached hydrogens (tertiary/aromatic N) is 1. The second-order valence-electron chi connectivity index (χ2n) is 5.29. The zero-order valence-corrected chi connectivity index (χ0v) is 13.1. The number of methoxy groups -OCH3 is 1. The van der Waals surface area contributed by atoms with Crippen LogP contribution in [0.4, 0.5) is 5.69 Å². The molecule has 7 heteroatoms. The first kappa shape index (κ1) is 16.7. The van der Waals surface area contributed by atoms with Gasteiger partial charge in [0, 0.05) is 11.8 Å². The van der Waals surface area contributed by atoms with Crippen LogP contribution in [0.2, 0.25) is 0 Å². The highest BCUT2D eigenvalue weighted by Gasteiger charge is 2.42. The number of hydrogen-bond donors (Lipinski definition) is 0. The summed E-state index contributed by atoms with van der Waals surface area (Å²) in [6.07, 6.45) is 0. The molecule has 2 amide bonds. The van der Waals surface area contributed by atoms with E-state index in [-0.39, 0.29) is 29.2 Å². The van der Waals surface area contributed by atoms with Gasteiger partial charge in [-0.05, 0) is 24.3 Å². The minimum absolute atomic E-state index is 0.206. The second kappa shape index (κ2) is 6.60. The van der Waals surface area contributed by atoms with Gasteiger partial charge in [0.2, 0.25) is 11.8 Å². The summed E-state index contributed by atoms with van der Waals surface area (Å²) in [5, 5.41) is 0. The lowest BCUT2D eigenvalue weighted by atomic mass is 10.00. The Bertz CT molecular complexity index is 631. The van der Waals surface area contributed by atoms with Crippen LogP contribution in [0.1, 0.15) is 24.2 Å². The van der Waals surface area contributed by atoms with E-state index in [2.05, 4.69) is 4.74 Å². The van der Waals surface area contributed by atoms with E-state index in [1.807, 2.05) is 0 Å². The maximum atomic E-state index is 12.1. The maximum absolute atomic E-state index is 12.1. The van der Waals surface area contributed by atoms with Crippen LogP contribution >= 0.6 is 0 Å². The van der Waals surface area contributed by atoms with Crippen LogP contribution < -0.4 is 4.90 Å². The minimum atomic E-state index is -0.692. The molecule has 0 aromatic heterocycles. The Hall–Kier alpha value is -2.70. The predicted molar refractivity (Wildman–Crippen MR) is 79.6 cm³/mol. The summed E-state index contributed by atoms with van der Waals surface area (Å²) in [6.45, 7) is 2.95. The lowest BCUT2D eigenvalue weighted by Gasteiger charge is -2.14. The first-order valence-corrected chi connectivity index (χ1v) is 7.08. The van der Waals surface area contributed by atoms with Crippen LogP contribution in [-0.2, 0) is 23.9 Å². The van der Waals surface area contributed by atoms with Gasteiger partial charge in [-0.3, -0.25) is 14.5 Å². The molecule has 0 radical (unpaired) electrons. The Balaban J connectivity index is 2.11. The second-order valence-corrected chi connectivity index (χ2v) is 5.29. The molecule has 1 aliphatic heterocycles. The fourth-order valence-corrected chi connectivity index (χ4v) is 2.21. The fourth-order valence-electron chi connectivity index (χ4n) is 2.21. The molecule has 122 valence electrons. The standard InChI is InChI=1S/C16H17NO6/c1-9-10(2)15(20)17(14(9)19)12-6-4-11(5-7-12)16(21)23-8-13(18)22-3/h4-7,9-10H,8H2,1-3H3. The molecule has 1 heterocycles. The molecule has 1 aromatic rings. The molecule has 1 aliphatic rings. The average molecular weight is 319 g/mol. The molecule has 1 fully saturated rings. The van der Waals surface area contributed by atoms with Gasteiger partial charge < -0.3 is 9.47 Å². The Labute approximate surface area is 133 Å². The number of carbonyl (C=O) groups is 4. The number of esters is 2. The highest BCUT2D eigenvalue weighted by atomic mass is 16.6.